The molecular weight excluding hydrogens is 136 g/mol. The average Bonchev–Trinajstić information content (AvgIpc) is 2.07. The Balaban J connectivity index is 2.61. The van der Waals surface area contributed by atoms with Crippen molar-refractivity contribution in [3.63, 3.8) is 0 Å². The van der Waals surface area contributed by atoms with Crippen molar-refractivity contribution >= 4 is 0 Å². The summed E-state index contributed by atoms with van der Waals surface area (Å²) >= 11 is 0. The second-order valence-electron chi connectivity index (χ2n) is 2.37. The van der Waals surface area contributed by atoms with Crippen LogP contribution in [0.1, 0.15) is 18.7 Å². The highest BCUT2D eigenvalue weighted by molar-refractivity contribution is 5.16. The number of hydrogen-bond donors (Lipinski definition) is 2. The molecule has 0 aliphatic carbocycles. The molecule has 11 heavy (non-hydrogen) atoms. The first kappa shape index (κ1) is 8.24. The number of rotatable bonds is 3. The van der Waals surface area contributed by atoms with Crippen LogP contribution in [0.4, 0.5) is 0 Å². The molecule has 1 aromatic rings. The molecule has 0 aromatic heterocycles. The van der Waals surface area contributed by atoms with Gasteiger partial charge in [0.15, 0.2) is 0 Å². The summed E-state index contributed by atoms with van der Waals surface area (Å²) in [4.78, 5) is 0. The molecule has 2 nitrogen and oxygen atoms in total. The summed E-state index contributed by atoms with van der Waals surface area (Å²) in [7, 11) is 0. The molecule has 0 fully saturated rings. The normalized spacial score (nSPS) is 12.9. The minimum absolute atomic E-state index is 0.0467. The highest BCUT2D eigenvalue weighted by Gasteiger charge is 2.00. The Kier molecular flexibility index (Phi) is 3.08. The van der Waals surface area contributed by atoms with Crippen molar-refractivity contribution in [2.75, 3.05) is 6.54 Å². The van der Waals surface area contributed by atoms with E-state index in [2.05, 4.69) is 11.4 Å². The molecule has 1 atom stereocenters. The maximum absolute atomic E-state index is 5.78. The van der Waals surface area contributed by atoms with Gasteiger partial charge in [0.25, 0.3) is 0 Å². The van der Waals surface area contributed by atoms with Crippen molar-refractivity contribution < 1.29 is 0 Å². The first-order chi connectivity index (χ1) is 5.34. The van der Waals surface area contributed by atoms with Crippen molar-refractivity contribution in [2.45, 2.75) is 13.1 Å². The van der Waals surface area contributed by atoms with E-state index in [-0.39, 0.29) is 6.17 Å². The van der Waals surface area contributed by atoms with Crippen LogP contribution in [0.15, 0.2) is 24.3 Å². The topological polar surface area (TPSA) is 38.0 Å². The summed E-state index contributed by atoms with van der Waals surface area (Å²) < 4.78 is 0. The standard InChI is InChI=1S/C9H13N2/c1-2-11-9(10)8-6-4-3-5-7-8/h4-7,9,11H,2,10H2,1H3. The SMILES string of the molecule is CCNC(N)c1cc[c]cc1. The van der Waals surface area contributed by atoms with E-state index in [1.807, 2.05) is 31.2 Å². The zero-order valence-corrected chi connectivity index (χ0v) is 6.67. The van der Waals surface area contributed by atoms with Crippen LogP contribution in [0.25, 0.3) is 0 Å². The van der Waals surface area contributed by atoms with E-state index >= 15 is 0 Å². The van der Waals surface area contributed by atoms with Gasteiger partial charge in [-0.3, -0.25) is 5.32 Å². The largest absolute Gasteiger partial charge is 0.312 e. The molecule has 59 valence electrons. The van der Waals surface area contributed by atoms with Crippen LogP contribution in [-0.4, -0.2) is 6.54 Å². The molecule has 0 bridgehead atoms. The second-order valence-corrected chi connectivity index (χ2v) is 2.37. The summed E-state index contributed by atoms with van der Waals surface area (Å²) in [6.45, 7) is 2.93. The maximum Gasteiger partial charge on any atom is 0.0809 e. The molecule has 0 amide bonds. The van der Waals surface area contributed by atoms with Crippen molar-refractivity contribution in [2.24, 2.45) is 5.73 Å². The van der Waals surface area contributed by atoms with E-state index in [0.29, 0.717) is 0 Å². The highest BCUT2D eigenvalue weighted by Crippen LogP contribution is 2.04. The van der Waals surface area contributed by atoms with E-state index in [1.54, 1.807) is 0 Å². The van der Waals surface area contributed by atoms with Gasteiger partial charge in [0.2, 0.25) is 0 Å². The smallest absolute Gasteiger partial charge is 0.0809 e. The predicted molar refractivity (Wildman–Crippen MR) is 45.9 cm³/mol. The van der Waals surface area contributed by atoms with E-state index in [0.717, 1.165) is 12.1 Å². The lowest BCUT2D eigenvalue weighted by Gasteiger charge is -2.11. The molecule has 0 heterocycles. The summed E-state index contributed by atoms with van der Waals surface area (Å²) in [6, 6.07) is 10.6. The Morgan fingerprint density at radius 3 is 2.73 bits per heavy atom. The molecule has 0 aliphatic rings. The van der Waals surface area contributed by atoms with Crippen LogP contribution < -0.4 is 11.1 Å². The number of nitrogens with one attached hydrogen (secondary N) is 1. The molecule has 0 saturated carbocycles. The predicted octanol–water partition coefficient (Wildman–Crippen LogP) is 1.05. The lowest BCUT2D eigenvalue weighted by Crippen LogP contribution is -2.28. The highest BCUT2D eigenvalue weighted by atomic mass is 15.0. The molecule has 1 aromatic carbocycles. The first-order valence-electron chi connectivity index (χ1n) is 3.79. The third-order valence-electron chi connectivity index (χ3n) is 1.53. The summed E-state index contributed by atoms with van der Waals surface area (Å²) in [6.07, 6.45) is -0.0467. The Labute approximate surface area is 67.4 Å². The number of hydrogen-bond acceptors (Lipinski definition) is 2. The summed E-state index contributed by atoms with van der Waals surface area (Å²) in [5.41, 5.74) is 6.88. The summed E-state index contributed by atoms with van der Waals surface area (Å²) in [5, 5.41) is 3.13. The van der Waals surface area contributed by atoms with Gasteiger partial charge in [-0.25, -0.2) is 0 Å². The fourth-order valence-electron chi connectivity index (χ4n) is 0.945. The van der Waals surface area contributed by atoms with E-state index < -0.39 is 0 Å². The minimum Gasteiger partial charge on any atom is -0.312 e. The number of benzene rings is 1. The van der Waals surface area contributed by atoms with Gasteiger partial charge in [0.05, 0.1) is 6.17 Å². The molecule has 0 aliphatic heterocycles. The molecular formula is C9H13N2. The Morgan fingerprint density at radius 2 is 2.18 bits per heavy atom. The Morgan fingerprint density at radius 1 is 1.55 bits per heavy atom. The van der Waals surface area contributed by atoms with Crippen LogP contribution in [0.5, 0.6) is 0 Å². The van der Waals surface area contributed by atoms with Crippen LogP contribution in [0, 0.1) is 6.07 Å². The van der Waals surface area contributed by atoms with Crippen molar-refractivity contribution in [3.05, 3.63) is 35.9 Å². The zero-order chi connectivity index (χ0) is 8.10. The van der Waals surface area contributed by atoms with Crippen LogP contribution in [0.3, 0.4) is 0 Å². The lowest BCUT2D eigenvalue weighted by molar-refractivity contribution is 0.573. The Bertz CT molecular complexity index is 196. The third-order valence-corrected chi connectivity index (χ3v) is 1.53. The first-order valence-corrected chi connectivity index (χ1v) is 3.79. The van der Waals surface area contributed by atoms with E-state index in [4.69, 9.17) is 5.73 Å². The van der Waals surface area contributed by atoms with Gasteiger partial charge in [-0.1, -0.05) is 31.2 Å². The van der Waals surface area contributed by atoms with Crippen molar-refractivity contribution in [1.82, 2.24) is 5.32 Å². The second kappa shape index (κ2) is 4.11. The average molecular weight is 149 g/mol. The molecule has 0 spiro atoms. The zero-order valence-electron chi connectivity index (χ0n) is 6.67. The van der Waals surface area contributed by atoms with Gasteiger partial charge in [-0.05, 0) is 18.2 Å². The van der Waals surface area contributed by atoms with Gasteiger partial charge in [-0.15, -0.1) is 0 Å². The molecule has 0 saturated heterocycles. The quantitative estimate of drug-likeness (QED) is 0.630. The third kappa shape index (κ3) is 2.33. The van der Waals surface area contributed by atoms with Gasteiger partial charge < -0.3 is 5.73 Å². The summed E-state index contributed by atoms with van der Waals surface area (Å²) in [5.74, 6) is 0. The minimum atomic E-state index is -0.0467. The number of nitrogens with two attached hydrogens (primary N) is 1. The Hall–Kier alpha value is -0.860. The fraction of sp³-hybridized carbons (Fsp3) is 0.333. The van der Waals surface area contributed by atoms with Crippen LogP contribution in [0.2, 0.25) is 0 Å². The van der Waals surface area contributed by atoms with Crippen molar-refractivity contribution in [3.8, 4) is 0 Å². The van der Waals surface area contributed by atoms with Gasteiger partial charge in [-0.2, -0.15) is 0 Å². The van der Waals surface area contributed by atoms with Crippen LogP contribution in [-0.2, 0) is 0 Å². The van der Waals surface area contributed by atoms with Gasteiger partial charge in [0.1, 0.15) is 0 Å². The van der Waals surface area contributed by atoms with Crippen molar-refractivity contribution in [1.29, 1.82) is 0 Å². The molecule has 3 N–H and O–H groups in total. The lowest BCUT2D eigenvalue weighted by atomic mass is 10.2. The van der Waals surface area contributed by atoms with Crippen LogP contribution >= 0.6 is 0 Å². The van der Waals surface area contributed by atoms with Gasteiger partial charge in [0, 0.05) is 0 Å². The van der Waals surface area contributed by atoms with E-state index in [1.165, 1.54) is 0 Å². The monoisotopic (exact) mass is 149 g/mol. The maximum atomic E-state index is 5.78. The van der Waals surface area contributed by atoms with E-state index in [9.17, 15) is 0 Å². The molecule has 2 heteroatoms. The molecule has 1 rings (SSSR count). The van der Waals surface area contributed by atoms with Gasteiger partial charge >= 0.3 is 0 Å². The molecule has 1 radical (unpaired) electrons. The molecule has 1 unspecified atom stereocenters. The fourth-order valence-corrected chi connectivity index (χ4v) is 0.945.